The maximum Gasteiger partial charge on any atom is 0.325 e. The summed E-state index contributed by atoms with van der Waals surface area (Å²) < 4.78 is 10.1. The zero-order valence-corrected chi connectivity index (χ0v) is 14.3. The van der Waals surface area contributed by atoms with Crippen molar-refractivity contribution in [2.45, 2.75) is 64.1 Å². The maximum absolute atomic E-state index is 12.0. The largest absolute Gasteiger partial charge is 0.468 e. The van der Waals surface area contributed by atoms with Crippen molar-refractivity contribution in [2.75, 3.05) is 33.9 Å². The number of ether oxygens (including phenoxy) is 2. The highest BCUT2D eigenvalue weighted by molar-refractivity contribution is 5.80. The van der Waals surface area contributed by atoms with E-state index in [2.05, 4.69) is 24.1 Å². The molecule has 0 bridgehead atoms. The number of rotatable bonds is 11. The van der Waals surface area contributed by atoms with Crippen LogP contribution >= 0.6 is 0 Å². The van der Waals surface area contributed by atoms with Crippen molar-refractivity contribution in [1.29, 1.82) is 0 Å². The third-order valence-corrected chi connectivity index (χ3v) is 4.01. The molecule has 5 nitrogen and oxygen atoms in total. The van der Waals surface area contributed by atoms with Crippen LogP contribution in [0.3, 0.4) is 0 Å². The molecule has 0 aliphatic heterocycles. The molecule has 0 radical (unpaired) electrons. The molecule has 0 saturated heterocycles. The maximum atomic E-state index is 12.0. The molecule has 0 aromatic rings. The number of carbonyl (C=O) groups is 1. The highest BCUT2D eigenvalue weighted by Crippen LogP contribution is 2.27. The summed E-state index contributed by atoms with van der Waals surface area (Å²) >= 11 is 0. The highest BCUT2D eigenvalue weighted by atomic mass is 16.5. The lowest BCUT2D eigenvalue weighted by atomic mass is 9.94. The lowest BCUT2D eigenvalue weighted by Crippen LogP contribution is -2.53. The van der Waals surface area contributed by atoms with Crippen LogP contribution in [0.2, 0.25) is 0 Å². The summed E-state index contributed by atoms with van der Waals surface area (Å²) in [5.74, 6) is -0.175. The minimum atomic E-state index is -0.598. The van der Waals surface area contributed by atoms with Crippen molar-refractivity contribution in [3.8, 4) is 0 Å². The van der Waals surface area contributed by atoms with Gasteiger partial charge in [0.05, 0.1) is 13.7 Å². The average Bonchev–Trinajstić information content (AvgIpc) is 3.25. The van der Waals surface area contributed by atoms with Crippen LogP contribution in [0.15, 0.2) is 0 Å². The molecule has 1 aliphatic carbocycles. The minimum absolute atomic E-state index is 0.175. The summed E-state index contributed by atoms with van der Waals surface area (Å²) in [6.07, 6.45) is 4.35. The summed E-state index contributed by atoms with van der Waals surface area (Å²) in [4.78, 5) is 14.5. The Bertz CT molecular complexity index is 319. The Kier molecular flexibility index (Phi) is 7.63. The molecule has 1 atom stereocenters. The number of methoxy groups -OCH3 is 2. The molecule has 1 saturated carbocycles. The van der Waals surface area contributed by atoms with Gasteiger partial charge in [-0.05, 0) is 53.0 Å². The van der Waals surface area contributed by atoms with Crippen molar-refractivity contribution in [1.82, 2.24) is 10.2 Å². The lowest BCUT2D eigenvalue weighted by Gasteiger charge is -2.31. The van der Waals surface area contributed by atoms with E-state index in [4.69, 9.17) is 9.47 Å². The van der Waals surface area contributed by atoms with Crippen LogP contribution in [0.4, 0.5) is 0 Å². The monoisotopic (exact) mass is 300 g/mol. The second-order valence-corrected chi connectivity index (χ2v) is 6.49. The molecule has 124 valence electrons. The smallest absolute Gasteiger partial charge is 0.325 e. The number of nitrogens with one attached hydrogen (secondary N) is 1. The van der Waals surface area contributed by atoms with E-state index in [0.29, 0.717) is 0 Å². The van der Waals surface area contributed by atoms with Crippen LogP contribution in [0.5, 0.6) is 0 Å². The first kappa shape index (κ1) is 18.4. The van der Waals surface area contributed by atoms with Gasteiger partial charge in [-0.1, -0.05) is 0 Å². The summed E-state index contributed by atoms with van der Waals surface area (Å²) in [6.45, 7) is 8.81. The molecule has 0 aromatic carbocycles. The fourth-order valence-corrected chi connectivity index (χ4v) is 2.86. The first-order valence-corrected chi connectivity index (χ1v) is 8.02. The third-order valence-electron chi connectivity index (χ3n) is 4.01. The minimum Gasteiger partial charge on any atom is -0.468 e. The molecule has 21 heavy (non-hydrogen) atoms. The fourth-order valence-electron chi connectivity index (χ4n) is 2.86. The third kappa shape index (κ3) is 6.32. The van der Waals surface area contributed by atoms with Gasteiger partial charge in [-0.2, -0.15) is 0 Å². The average molecular weight is 300 g/mol. The van der Waals surface area contributed by atoms with Gasteiger partial charge in [0, 0.05) is 25.7 Å². The van der Waals surface area contributed by atoms with Crippen LogP contribution in [-0.2, 0) is 14.3 Å². The van der Waals surface area contributed by atoms with E-state index in [0.717, 1.165) is 38.6 Å². The van der Waals surface area contributed by atoms with E-state index >= 15 is 0 Å². The van der Waals surface area contributed by atoms with E-state index in [1.54, 1.807) is 7.11 Å². The molecule has 0 heterocycles. The number of esters is 1. The molecule has 5 heteroatoms. The van der Waals surface area contributed by atoms with E-state index in [1.807, 2.05) is 6.92 Å². The molecule has 1 aliphatic rings. The van der Waals surface area contributed by atoms with Crippen molar-refractivity contribution >= 4 is 5.97 Å². The van der Waals surface area contributed by atoms with Gasteiger partial charge in [0.25, 0.3) is 0 Å². The Morgan fingerprint density at radius 3 is 2.48 bits per heavy atom. The van der Waals surface area contributed by atoms with Crippen LogP contribution in [-0.4, -0.2) is 62.4 Å². The molecular weight excluding hydrogens is 268 g/mol. The van der Waals surface area contributed by atoms with Crippen LogP contribution < -0.4 is 5.32 Å². The lowest BCUT2D eigenvalue weighted by molar-refractivity contribution is -0.148. The van der Waals surface area contributed by atoms with E-state index in [9.17, 15) is 4.79 Å². The molecule has 0 spiro atoms. The summed E-state index contributed by atoms with van der Waals surface area (Å²) in [5.41, 5.74) is -0.598. The molecule has 1 unspecified atom stereocenters. The van der Waals surface area contributed by atoms with Crippen LogP contribution in [0, 0.1) is 0 Å². The van der Waals surface area contributed by atoms with Gasteiger partial charge in [-0.3, -0.25) is 15.0 Å². The van der Waals surface area contributed by atoms with E-state index in [1.165, 1.54) is 20.0 Å². The summed E-state index contributed by atoms with van der Waals surface area (Å²) in [7, 11) is 3.20. The first-order valence-electron chi connectivity index (χ1n) is 8.02. The topological polar surface area (TPSA) is 50.8 Å². The van der Waals surface area contributed by atoms with Crippen molar-refractivity contribution in [3.05, 3.63) is 0 Å². The molecule has 1 N–H and O–H groups in total. The van der Waals surface area contributed by atoms with Gasteiger partial charge in [-0.15, -0.1) is 0 Å². The van der Waals surface area contributed by atoms with Gasteiger partial charge in [0.15, 0.2) is 0 Å². The van der Waals surface area contributed by atoms with Gasteiger partial charge >= 0.3 is 5.97 Å². The number of hydrogen-bond acceptors (Lipinski definition) is 5. The Morgan fingerprint density at radius 2 is 2.00 bits per heavy atom. The van der Waals surface area contributed by atoms with Crippen molar-refractivity contribution in [2.24, 2.45) is 0 Å². The van der Waals surface area contributed by atoms with Crippen molar-refractivity contribution < 1.29 is 14.3 Å². The van der Waals surface area contributed by atoms with E-state index in [-0.39, 0.29) is 12.0 Å². The summed E-state index contributed by atoms with van der Waals surface area (Å²) in [5, 5.41) is 3.35. The number of carbonyl (C=O) groups excluding carboxylic acids is 1. The van der Waals surface area contributed by atoms with Crippen molar-refractivity contribution in [3.63, 3.8) is 0 Å². The van der Waals surface area contributed by atoms with Crippen LogP contribution in [0.25, 0.3) is 0 Å². The normalized spacial score (nSPS) is 18.0. The van der Waals surface area contributed by atoms with Gasteiger partial charge < -0.3 is 9.47 Å². The molecule has 0 amide bonds. The Labute approximate surface area is 129 Å². The fraction of sp³-hybridized carbons (Fsp3) is 0.938. The Hall–Kier alpha value is -0.650. The summed E-state index contributed by atoms with van der Waals surface area (Å²) in [6, 6.07) is 0.977. The molecular formula is C16H32N2O3. The zero-order valence-electron chi connectivity index (χ0n) is 14.3. The SMILES string of the molecule is COCCN(CCCC(C)(NC(C)C)C(=O)OC)C1CC1. The Balaban J connectivity index is 2.45. The predicted molar refractivity (Wildman–Crippen MR) is 84.4 cm³/mol. The highest BCUT2D eigenvalue weighted by Gasteiger charge is 2.35. The van der Waals surface area contributed by atoms with Gasteiger partial charge in [0.1, 0.15) is 5.54 Å². The first-order chi connectivity index (χ1) is 9.92. The standard InChI is InChI=1S/C16H32N2O3/c1-13(2)17-16(3,15(19)21-5)9-6-10-18(11-12-20-4)14-7-8-14/h13-14,17H,6-12H2,1-5H3. The number of nitrogens with zero attached hydrogens (tertiary/aromatic N) is 1. The molecule has 0 aromatic heterocycles. The predicted octanol–water partition coefficient (Wildman–Crippen LogP) is 1.81. The second-order valence-electron chi connectivity index (χ2n) is 6.49. The Morgan fingerprint density at radius 1 is 1.33 bits per heavy atom. The molecule has 1 rings (SSSR count). The van der Waals surface area contributed by atoms with E-state index < -0.39 is 5.54 Å². The van der Waals surface area contributed by atoms with Gasteiger partial charge in [0.2, 0.25) is 0 Å². The molecule has 1 fully saturated rings. The van der Waals surface area contributed by atoms with Crippen LogP contribution in [0.1, 0.15) is 46.5 Å². The van der Waals surface area contributed by atoms with Gasteiger partial charge in [-0.25, -0.2) is 0 Å². The quantitative estimate of drug-likeness (QED) is 0.590. The number of hydrogen-bond donors (Lipinski definition) is 1. The zero-order chi connectivity index (χ0) is 15.9. The second kappa shape index (κ2) is 8.71.